The van der Waals surface area contributed by atoms with Crippen molar-refractivity contribution in [1.29, 1.82) is 0 Å². The molecule has 0 aromatic heterocycles. The van der Waals surface area contributed by atoms with Crippen LogP contribution in [0.25, 0.3) is 0 Å². The number of nitrogens with one attached hydrogen (secondary N) is 1. The molecule has 0 spiro atoms. The van der Waals surface area contributed by atoms with Gasteiger partial charge in [-0.2, -0.15) is 0 Å². The van der Waals surface area contributed by atoms with Crippen molar-refractivity contribution in [2.24, 2.45) is 0 Å². The second kappa shape index (κ2) is 3.73. The van der Waals surface area contributed by atoms with Gasteiger partial charge in [-0.1, -0.05) is 18.2 Å². The molecule has 1 amide bonds. The van der Waals surface area contributed by atoms with Crippen molar-refractivity contribution in [3.63, 3.8) is 0 Å². The average molecular weight is 205 g/mol. The van der Waals surface area contributed by atoms with E-state index in [-0.39, 0.29) is 5.91 Å². The monoisotopic (exact) mass is 205 g/mol. The van der Waals surface area contributed by atoms with Gasteiger partial charge >= 0.3 is 5.97 Å². The molecule has 78 valence electrons. The molecule has 0 aliphatic carbocycles. The lowest BCUT2D eigenvalue weighted by atomic mass is 10.1. The van der Waals surface area contributed by atoms with Gasteiger partial charge in [-0.3, -0.25) is 4.79 Å². The van der Waals surface area contributed by atoms with E-state index in [0.29, 0.717) is 17.7 Å². The predicted molar refractivity (Wildman–Crippen MR) is 53.3 cm³/mol. The highest BCUT2D eigenvalue weighted by molar-refractivity contribution is 6.03. The highest BCUT2D eigenvalue weighted by Gasteiger charge is 2.33. The standard InChI is InChI=1S/C11H11NO3/c1-2-15-11(14)9-7-5-3-4-6-8(7)10(13)12-9/h3-6,9H,2H2,1H3,(H,12,13)/t9-/m0/s1. The molecule has 0 bridgehead atoms. The van der Waals surface area contributed by atoms with Gasteiger partial charge in [0.25, 0.3) is 5.91 Å². The maximum absolute atomic E-state index is 11.5. The van der Waals surface area contributed by atoms with Crippen LogP contribution in [-0.2, 0) is 9.53 Å². The second-order valence-corrected chi connectivity index (χ2v) is 3.25. The van der Waals surface area contributed by atoms with Crippen molar-refractivity contribution in [2.75, 3.05) is 6.61 Å². The Bertz CT molecular complexity index is 414. The topological polar surface area (TPSA) is 55.4 Å². The smallest absolute Gasteiger partial charge is 0.333 e. The SMILES string of the molecule is CCOC(=O)[C@H]1NC(=O)c2ccccc21. The molecule has 1 aromatic rings. The molecular weight excluding hydrogens is 194 g/mol. The first-order valence-electron chi connectivity index (χ1n) is 4.80. The first-order valence-corrected chi connectivity index (χ1v) is 4.80. The first kappa shape index (κ1) is 9.71. The maximum Gasteiger partial charge on any atom is 0.333 e. The van der Waals surface area contributed by atoms with E-state index in [1.165, 1.54) is 0 Å². The molecule has 1 aliphatic rings. The van der Waals surface area contributed by atoms with Crippen LogP contribution in [0.2, 0.25) is 0 Å². The summed E-state index contributed by atoms with van der Waals surface area (Å²) in [5.74, 6) is -0.626. The molecule has 2 rings (SSSR count). The summed E-state index contributed by atoms with van der Waals surface area (Å²) in [4.78, 5) is 23.0. The molecular formula is C11H11NO3. The van der Waals surface area contributed by atoms with Gasteiger partial charge in [-0.15, -0.1) is 0 Å². The molecule has 4 nitrogen and oxygen atoms in total. The van der Waals surface area contributed by atoms with Gasteiger partial charge in [-0.25, -0.2) is 4.79 Å². The minimum atomic E-state index is -0.645. The minimum Gasteiger partial charge on any atom is -0.464 e. The number of fused-ring (bicyclic) bond motifs is 1. The van der Waals surface area contributed by atoms with Gasteiger partial charge in [0.1, 0.15) is 0 Å². The van der Waals surface area contributed by atoms with Crippen LogP contribution in [0, 0.1) is 0 Å². The van der Waals surface area contributed by atoms with E-state index in [0.717, 1.165) is 0 Å². The van der Waals surface area contributed by atoms with Crippen molar-refractivity contribution in [3.8, 4) is 0 Å². The Morgan fingerprint density at radius 1 is 1.47 bits per heavy atom. The number of ether oxygens (including phenoxy) is 1. The maximum atomic E-state index is 11.5. The third-order valence-corrected chi connectivity index (χ3v) is 2.31. The summed E-state index contributed by atoms with van der Waals surface area (Å²) in [5.41, 5.74) is 1.25. The van der Waals surface area contributed by atoms with Gasteiger partial charge in [0.15, 0.2) is 6.04 Å². The van der Waals surface area contributed by atoms with Crippen LogP contribution in [0.5, 0.6) is 0 Å². The van der Waals surface area contributed by atoms with Crippen molar-refractivity contribution >= 4 is 11.9 Å². The van der Waals surface area contributed by atoms with E-state index in [1.54, 1.807) is 31.2 Å². The van der Waals surface area contributed by atoms with Gasteiger partial charge in [0, 0.05) is 5.56 Å². The zero-order valence-electron chi connectivity index (χ0n) is 8.32. The van der Waals surface area contributed by atoms with Crippen LogP contribution in [0.4, 0.5) is 0 Å². The predicted octanol–water partition coefficient (Wildman–Crippen LogP) is 1.03. The molecule has 1 aliphatic heterocycles. The molecule has 1 atom stereocenters. The van der Waals surface area contributed by atoms with E-state index in [1.807, 2.05) is 0 Å². The van der Waals surface area contributed by atoms with E-state index in [4.69, 9.17) is 4.74 Å². The Labute approximate surface area is 87.2 Å². The largest absolute Gasteiger partial charge is 0.464 e. The molecule has 1 aromatic carbocycles. The molecule has 1 N–H and O–H groups in total. The lowest BCUT2D eigenvalue weighted by Gasteiger charge is -2.09. The lowest BCUT2D eigenvalue weighted by molar-refractivity contribution is -0.145. The molecule has 1 heterocycles. The third-order valence-electron chi connectivity index (χ3n) is 2.31. The van der Waals surface area contributed by atoms with Crippen LogP contribution >= 0.6 is 0 Å². The highest BCUT2D eigenvalue weighted by Crippen LogP contribution is 2.25. The normalized spacial score (nSPS) is 18.2. The van der Waals surface area contributed by atoms with E-state index >= 15 is 0 Å². The fourth-order valence-corrected chi connectivity index (χ4v) is 1.65. The summed E-state index contributed by atoms with van der Waals surface area (Å²) >= 11 is 0. The molecule has 0 radical (unpaired) electrons. The number of carbonyl (C=O) groups is 2. The van der Waals surface area contributed by atoms with Crippen LogP contribution in [0.3, 0.4) is 0 Å². The van der Waals surface area contributed by atoms with Gasteiger partial charge in [0.2, 0.25) is 0 Å². The van der Waals surface area contributed by atoms with Crippen LogP contribution < -0.4 is 5.32 Å². The fourth-order valence-electron chi connectivity index (χ4n) is 1.65. The summed E-state index contributed by atoms with van der Waals surface area (Å²) in [6.45, 7) is 2.05. The van der Waals surface area contributed by atoms with Crippen molar-refractivity contribution in [2.45, 2.75) is 13.0 Å². The Hall–Kier alpha value is -1.84. The number of amides is 1. The second-order valence-electron chi connectivity index (χ2n) is 3.25. The Morgan fingerprint density at radius 2 is 2.20 bits per heavy atom. The molecule has 0 saturated carbocycles. The van der Waals surface area contributed by atoms with Crippen LogP contribution in [0.1, 0.15) is 28.9 Å². The molecule has 15 heavy (non-hydrogen) atoms. The lowest BCUT2D eigenvalue weighted by Crippen LogP contribution is -2.27. The van der Waals surface area contributed by atoms with Crippen LogP contribution in [0.15, 0.2) is 24.3 Å². The van der Waals surface area contributed by atoms with E-state index in [2.05, 4.69) is 5.32 Å². The van der Waals surface area contributed by atoms with E-state index < -0.39 is 12.0 Å². The van der Waals surface area contributed by atoms with Crippen LogP contribution in [-0.4, -0.2) is 18.5 Å². The van der Waals surface area contributed by atoms with Gasteiger partial charge < -0.3 is 10.1 Å². The summed E-state index contributed by atoms with van der Waals surface area (Å²) in [6.07, 6.45) is 0. The van der Waals surface area contributed by atoms with Gasteiger partial charge in [0.05, 0.1) is 6.61 Å². The summed E-state index contributed by atoms with van der Waals surface area (Å²) < 4.78 is 4.88. The number of esters is 1. The molecule has 4 heteroatoms. The number of rotatable bonds is 2. The molecule has 0 fully saturated rings. The number of carbonyl (C=O) groups excluding carboxylic acids is 2. The molecule has 0 saturated heterocycles. The summed E-state index contributed by atoms with van der Waals surface area (Å²) in [7, 11) is 0. The average Bonchev–Trinajstić information content (AvgIpc) is 2.58. The fraction of sp³-hybridized carbons (Fsp3) is 0.273. The minimum absolute atomic E-state index is 0.219. The van der Waals surface area contributed by atoms with Crippen molar-refractivity contribution < 1.29 is 14.3 Å². The zero-order chi connectivity index (χ0) is 10.8. The Kier molecular flexibility index (Phi) is 2.41. The highest BCUT2D eigenvalue weighted by atomic mass is 16.5. The Balaban J connectivity index is 2.32. The third kappa shape index (κ3) is 1.58. The number of hydrogen-bond acceptors (Lipinski definition) is 3. The number of hydrogen-bond donors (Lipinski definition) is 1. The quantitative estimate of drug-likeness (QED) is 0.734. The van der Waals surface area contributed by atoms with Gasteiger partial charge in [-0.05, 0) is 18.6 Å². The van der Waals surface area contributed by atoms with E-state index in [9.17, 15) is 9.59 Å². The molecule has 0 unspecified atom stereocenters. The van der Waals surface area contributed by atoms with Crippen molar-refractivity contribution in [3.05, 3.63) is 35.4 Å². The summed E-state index contributed by atoms with van der Waals surface area (Å²) in [5, 5.41) is 2.59. The zero-order valence-corrected chi connectivity index (χ0v) is 8.32. The summed E-state index contributed by atoms with van der Waals surface area (Å²) in [6, 6.07) is 6.38. The first-order chi connectivity index (χ1) is 7.24. The Morgan fingerprint density at radius 3 is 2.93 bits per heavy atom. The van der Waals surface area contributed by atoms with Crippen molar-refractivity contribution in [1.82, 2.24) is 5.32 Å². The number of benzene rings is 1.